The fourth-order valence-corrected chi connectivity index (χ4v) is 8.53. The van der Waals surface area contributed by atoms with E-state index >= 15 is 0 Å². The zero-order chi connectivity index (χ0) is 32.3. The summed E-state index contributed by atoms with van der Waals surface area (Å²) in [6, 6.07) is 8.78. The summed E-state index contributed by atoms with van der Waals surface area (Å²) in [6.07, 6.45) is 4.58. The molecular weight excluding hydrogens is 628 g/mol. The summed E-state index contributed by atoms with van der Waals surface area (Å²) in [5.41, 5.74) is 5.87. The summed E-state index contributed by atoms with van der Waals surface area (Å²) in [4.78, 5) is 16.7. The van der Waals surface area contributed by atoms with Gasteiger partial charge >= 0.3 is 0 Å². The molecule has 244 valence electrons. The second-order valence-corrected chi connectivity index (χ2v) is 16.5. The monoisotopic (exact) mass is 673 g/mol. The van der Waals surface area contributed by atoms with Crippen molar-refractivity contribution < 1.29 is 9.30 Å². The van der Waals surface area contributed by atoms with Crippen LogP contribution in [0.4, 0.5) is 28.8 Å². The van der Waals surface area contributed by atoms with Crippen molar-refractivity contribution >= 4 is 64.5 Å². The van der Waals surface area contributed by atoms with Crippen LogP contribution in [0.5, 0.6) is 5.75 Å². The van der Waals surface area contributed by atoms with Crippen LogP contribution < -0.4 is 25.6 Å². The van der Waals surface area contributed by atoms with E-state index in [1.165, 1.54) is 5.69 Å². The zero-order valence-corrected chi connectivity index (χ0v) is 29.7. The van der Waals surface area contributed by atoms with Crippen LogP contribution in [0.25, 0.3) is 0 Å². The maximum atomic E-state index is 13.2. The molecule has 2 N–H and O–H groups in total. The van der Waals surface area contributed by atoms with Crippen molar-refractivity contribution in [3.05, 3.63) is 52.2 Å². The average molecular weight is 675 g/mol. The van der Waals surface area contributed by atoms with Gasteiger partial charge in [0, 0.05) is 68.2 Å². The summed E-state index contributed by atoms with van der Waals surface area (Å²) < 4.78 is 19.1. The lowest BCUT2D eigenvalue weighted by atomic mass is 9.99. The Balaban J connectivity index is 1.37. The van der Waals surface area contributed by atoms with Gasteiger partial charge in [0.2, 0.25) is 5.95 Å². The molecule has 2 saturated heterocycles. The Morgan fingerprint density at radius 3 is 2.38 bits per heavy atom. The van der Waals surface area contributed by atoms with Gasteiger partial charge in [0.05, 0.1) is 24.7 Å². The molecule has 2 fully saturated rings. The number of likely N-dealkylation sites (N-methyl/N-ethyl adjacent to an activating group) is 1. The Hall–Kier alpha value is -2.55. The number of benzene rings is 2. The van der Waals surface area contributed by atoms with Crippen molar-refractivity contribution in [2.75, 3.05) is 88.2 Å². The van der Waals surface area contributed by atoms with Gasteiger partial charge < -0.3 is 29.7 Å². The normalized spacial score (nSPS) is 17.0. The van der Waals surface area contributed by atoms with E-state index < -0.39 is 7.14 Å². The van der Waals surface area contributed by atoms with Crippen LogP contribution in [-0.4, -0.2) is 98.4 Å². The zero-order valence-electron chi connectivity index (χ0n) is 27.3. The van der Waals surface area contributed by atoms with Gasteiger partial charge in [0.1, 0.15) is 17.9 Å². The molecule has 0 unspecified atom stereocenters. The number of nitrogens with one attached hydrogen (secondary N) is 2. The topological polar surface area (TPSA) is 85.9 Å². The van der Waals surface area contributed by atoms with E-state index in [9.17, 15) is 4.57 Å². The van der Waals surface area contributed by atoms with Crippen LogP contribution in [-0.2, 0) is 11.0 Å². The van der Waals surface area contributed by atoms with Crippen molar-refractivity contribution in [3.63, 3.8) is 0 Å². The highest BCUT2D eigenvalue weighted by atomic mass is 35.5. The number of piperidine rings is 1. The number of aryl methyl sites for hydroxylation is 2. The number of hydrogen-bond donors (Lipinski definition) is 2. The van der Waals surface area contributed by atoms with Crippen molar-refractivity contribution in [2.45, 2.75) is 39.2 Å². The number of halogens is 2. The largest absolute Gasteiger partial charge is 0.494 e. The molecule has 2 aromatic carbocycles. The lowest BCUT2D eigenvalue weighted by Gasteiger charge is -2.43. The minimum absolute atomic E-state index is 0.358. The Labute approximate surface area is 278 Å². The first-order chi connectivity index (χ1) is 21.5. The number of nitrogens with zero attached hydrogens (tertiary/aromatic N) is 5. The Morgan fingerprint density at radius 2 is 1.73 bits per heavy atom. The van der Waals surface area contributed by atoms with Gasteiger partial charge in [-0.1, -0.05) is 17.7 Å². The summed E-state index contributed by atoms with van der Waals surface area (Å²) in [5, 5.41) is 7.83. The highest BCUT2D eigenvalue weighted by Crippen LogP contribution is 2.41. The summed E-state index contributed by atoms with van der Waals surface area (Å²) >= 11 is 12.9. The molecule has 0 amide bonds. The highest BCUT2D eigenvalue weighted by Gasteiger charge is 2.28. The number of aromatic nitrogens is 2. The number of alkyl halides is 1. The molecule has 12 heteroatoms. The fraction of sp³-hybridized carbons (Fsp3) is 0.515. The van der Waals surface area contributed by atoms with Gasteiger partial charge in [-0.2, -0.15) is 4.98 Å². The maximum Gasteiger partial charge on any atom is 0.229 e. The van der Waals surface area contributed by atoms with Gasteiger partial charge in [-0.3, -0.25) is 4.90 Å². The van der Waals surface area contributed by atoms with E-state index in [1.54, 1.807) is 26.6 Å². The second kappa shape index (κ2) is 14.5. The summed E-state index contributed by atoms with van der Waals surface area (Å²) in [5.74, 6) is 2.00. The van der Waals surface area contributed by atoms with E-state index in [1.807, 2.05) is 26.0 Å². The smallest absolute Gasteiger partial charge is 0.229 e. The van der Waals surface area contributed by atoms with E-state index in [0.717, 1.165) is 91.9 Å². The Morgan fingerprint density at radius 1 is 1.02 bits per heavy atom. The molecule has 0 radical (unpaired) electrons. The quantitative estimate of drug-likeness (QED) is 0.185. The van der Waals surface area contributed by atoms with Gasteiger partial charge in [-0.15, -0.1) is 11.6 Å². The number of hydrogen-bond acceptors (Lipinski definition) is 9. The van der Waals surface area contributed by atoms with Crippen LogP contribution in [0.3, 0.4) is 0 Å². The first-order valence-electron chi connectivity index (χ1n) is 15.6. The average Bonchev–Trinajstić information content (AvgIpc) is 3.01. The van der Waals surface area contributed by atoms with Crippen molar-refractivity contribution in [2.24, 2.45) is 0 Å². The molecule has 1 aromatic heterocycles. The Kier molecular flexibility index (Phi) is 10.9. The van der Waals surface area contributed by atoms with Gasteiger partial charge in [-0.25, -0.2) is 4.98 Å². The van der Waals surface area contributed by atoms with Crippen LogP contribution in [0.2, 0.25) is 5.02 Å². The summed E-state index contributed by atoms with van der Waals surface area (Å²) in [7, 11) is 1.29. The highest BCUT2D eigenvalue weighted by molar-refractivity contribution is 7.70. The van der Waals surface area contributed by atoms with Gasteiger partial charge in [-0.05, 0) is 82.3 Å². The molecule has 2 aliphatic rings. The SMILES string of the molecule is COc1cc(N2CCC(N3CCN(C)CC3)CC2)c(CCCl)cc1Nc1ncc(Cl)c(Nc2ccc(C)c(C)c2P(C)(C)=O)n1. The fourth-order valence-electron chi connectivity index (χ4n) is 6.49. The van der Waals surface area contributed by atoms with Crippen LogP contribution in [0.15, 0.2) is 30.5 Å². The predicted octanol–water partition coefficient (Wildman–Crippen LogP) is 6.49. The molecule has 3 heterocycles. The van der Waals surface area contributed by atoms with E-state index in [2.05, 4.69) is 49.5 Å². The van der Waals surface area contributed by atoms with Crippen molar-refractivity contribution in [1.29, 1.82) is 0 Å². The minimum atomic E-state index is -2.59. The number of rotatable bonds is 10. The first-order valence-corrected chi connectivity index (χ1v) is 19.2. The van der Waals surface area contributed by atoms with E-state index in [-0.39, 0.29) is 0 Å². The third kappa shape index (κ3) is 7.88. The summed E-state index contributed by atoms with van der Waals surface area (Å²) in [6.45, 7) is 14.2. The standard InChI is InChI=1S/C33H46Cl2N7O2P/c1-22-7-8-27(31(23(22)2)45(5,6)43)37-32-26(35)21-36-33(39-32)38-28-19-24(9-12-34)29(20-30(28)44-4)42-13-10-25(11-14-42)41-17-15-40(3)16-18-41/h7-8,19-21,25H,9-18H2,1-6H3,(H2,36,37,38,39). The molecule has 0 bridgehead atoms. The molecule has 0 aliphatic carbocycles. The van der Waals surface area contributed by atoms with Crippen molar-refractivity contribution in [3.8, 4) is 5.75 Å². The molecule has 0 spiro atoms. The third-order valence-corrected chi connectivity index (χ3v) is 11.2. The van der Waals surface area contributed by atoms with Gasteiger partial charge in [0.15, 0.2) is 5.82 Å². The molecular formula is C33H46Cl2N7O2P. The lowest BCUT2D eigenvalue weighted by molar-refractivity contribution is 0.0982. The van der Waals surface area contributed by atoms with Crippen LogP contribution in [0.1, 0.15) is 29.5 Å². The molecule has 0 saturated carbocycles. The second-order valence-electron chi connectivity index (χ2n) is 12.6. The van der Waals surface area contributed by atoms with Crippen LogP contribution >= 0.6 is 30.3 Å². The minimum Gasteiger partial charge on any atom is -0.494 e. The lowest BCUT2D eigenvalue weighted by Crippen LogP contribution is -2.52. The third-order valence-electron chi connectivity index (χ3n) is 9.11. The van der Waals surface area contributed by atoms with E-state index in [0.29, 0.717) is 34.5 Å². The number of piperazine rings is 1. The number of methoxy groups -OCH3 is 1. The molecule has 45 heavy (non-hydrogen) atoms. The number of ether oxygens (including phenoxy) is 1. The number of anilines is 5. The molecule has 0 atom stereocenters. The van der Waals surface area contributed by atoms with E-state index in [4.69, 9.17) is 32.9 Å². The predicted molar refractivity (Wildman–Crippen MR) is 190 cm³/mol. The maximum absolute atomic E-state index is 13.2. The molecule has 9 nitrogen and oxygen atoms in total. The molecule has 5 rings (SSSR count). The Bertz CT molecular complexity index is 1550. The van der Waals surface area contributed by atoms with Gasteiger partial charge in [0.25, 0.3) is 0 Å². The first kappa shape index (κ1) is 33.8. The molecule has 3 aromatic rings. The molecule has 2 aliphatic heterocycles. The van der Waals surface area contributed by atoms with Crippen molar-refractivity contribution in [1.82, 2.24) is 19.8 Å². The van der Waals surface area contributed by atoms with Crippen LogP contribution in [0, 0.1) is 13.8 Å².